The lowest BCUT2D eigenvalue weighted by Gasteiger charge is -2.02. The van der Waals surface area contributed by atoms with Crippen LogP contribution in [0.2, 0.25) is 0 Å². The summed E-state index contributed by atoms with van der Waals surface area (Å²) in [6, 6.07) is -0.225. The normalized spacial score (nSPS) is 10.8. The number of ether oxygens (including phenoxy) is 2. The van der Waals surface area contributed by atoms with Crippen LogP contribution in [0, 0.1) is 0 Å². The van der Waals surface area contributed by atoms with Crippen LogP contribution >= 0.6 is 11.6 Å². The molecule has 0 spiro atoms. The maximum absolute atomic E-state index is 11.0. The van der Waals surface area contributed by atoms with Crippen molar-refractivity contribution in [1.29, 1.82) is 0 Å². The molecule has 0 aromatic heterocycles. The summed E-state index contributed by atoms with van der Waals surface area (Å²) < 4.78 is 8.85. The Bertz CT molecular complexity index is 222. The standard InChI is InChI=1S/C8H11ClO4/c1-3-6(4-7(10)12-2)8(11)13-5-9/h4H,3,5H2,1-2H3/b6-4-. The third-order valence-corrected chi connectivity index (χ3v) is 1.43. The van der Waals surface area contributed by atoms with Crippen LogP contribution in [-0.2, 0) is 19.1 Å². The zero-order valence-corrected chi connectivity index (χ0v) is 8.26. The lowest BCUT2D eigenvalue weighted by atomic mass is 10.2. The maximum atomic E-state index is 11.0. The van der Waals surface area contributed by atoms with Crippen LogP contribution in [0.3, 0.4) is 0 Å². The van der Waals surface area contributed by atoms with E-state index in [9.17, 15) is 9.59 Å². The van der Waals surface area contributed by atoms with E-state index in [2.05, 4.69) is 9.47 Å². The molecule has 0 amide bonds. The number of alkyl halides is 1. The Kier molecular flexibility index (Phi) is 5.97. The molecular formula is C8H11ClO4. The first-order chi connectivity index (χ1) is 6.15. The first-order valence-electron chi connectivity index (χ1n) is 3.67. The average molecular weight is 207 g/mol. The number of hydrogen-bond donors (Lipinski definition) is 0. The molecule has 0 radical (unpaired) electrons. The maximum Gasteiger partial charge on any atom is 0.335 e. The molecule has 13 heavy (non-hydrogen) atoms. The third-order valence-electron chi connectivity index (χ3n) is 1.32. The Hall–Kier alpha value is -1.03. The Morgan fingerprint density at radius 3 is 2.46 bits per heavy atom. The molecule has 0 unspecified atom stereocenters. The van der Waals surface area contributed by atoms with Gasteiger partial charge in [0.25, 0.3) is 0 Å². The molecule has 4 nitrogen and oxygen atoms in total. The van der Waals surface area contributed by atoms with Gasteiger partial charge < -0.3 is 9.47 Å². The van der Waals surface area contributed by atoms with Crippen molar-refractivity contribution >= 4 is 23.5 Å². The first kappa shape index (κ1) is 12.0. The fraction of sp³-hybridized carbons (Fsp3) is 0.500. The number of halogens is 1. The molecule has 0 fully saturated rings. The van der Waals surface area contributed by atoms with Gasteiger partial charge in [0.05, 0.1) is 7.11 Å². The van der Waals surface area contributed by atoms with Gasteiger partial charge in [-0.3, -0.25) is 0 Å². The molecule has 0 aliphatic carbocycles. The molecule has 0 saturated heterocycles. The van der Waals surface area contributed by atoms with Gasteiger partial charge in [-0.25, -0.2) is 9.59 Å². The van der Waals surface area contributed by atoms with Crippen LogP contribution in [0.4, 0.5) is 0 Å². The second kappa shape index (κ2) is 6.48. The molecule has 0 aromatic carbocycles. The van der Waals surface area contributed by atoms with Crippen molar-refractivity contribution in [2.24, 2.45) is 0 Å². The summed E-state index contributed by atoms with van der Waals surface area (Å²) in [6.07, 6.45) is 1.49. The van der Waals surface area contributed by atoms with Gasteiger partial charge in [0.1, 0.15) is 0 Å². The molecule has 0 rings (SSSR count). The number of carbonyl (C=O) groups excluding carboxylic acids is 2. The predicted octanol–water partition coefficient (Wildman–Crippen LogP) is 1.24. The van der Waals surface area contributed by atoms with Crippen molar-refractivity contribution in [2.75, 3.05) is 13.2 Å². The summed E-state index contributed by atoms with van der Waals surface area (Å²) in [7, 11) is 1.24. The molecule has 0 aromatic rings. The van der Waals surface area contributed by atoms with E-state index >= 15 is 0 Å². The smallest absolute Gasteiger partial charge is 0.335 e. The van der Waals surface area contributed by atoms with Gasteiger partial charge in [-0.05, 0) is 6.42 Å². The molecule has 5 heteroatoms. The quantitative estimate of drug-likeness (QED) is 0.395. The zero-order chi connectivity index (χ0) is 10.3. The molecule has 0 heterocycles. The SMILES string of the molecule is CC/C(=C/C(=O)OC)C(=O)OCCl. The van der Waals surface area contributed by atoms with E-state index in [1.165, 1.54) is 7.11 Å². The van der Waals surface area contributed by atoms with Crippen molar-refractivity contribution in [2.45, 2.75) is 13.3 Å². The second-order valence-corrected chi connectivity index (χ2v) is 2.31. The van der Waals surface area contributed by atoms with Crippen LogP contribution in [0.1, 0.15) is 13.3 Å². The molecular weight excluding hydrogens is 196 g/mol. The minimum atomic E-state index is -0.595. The Morgan fingerprint density at radius 1 is 1.46 bits per heavy atom. The molecule has 0 aliphatic heterocycles. The van der Waals surface area contributed by atoms with Crippen LogP contribution in [-0.4, -0.2) is 25.1 Å². The summed E-state index contributed by atoms with van der Waals surface area (Å²) in [6.45, 7) is 1.73. The van der Waals surface area contributed by atoms with Gasteiger partial charge >= 0.3 is 11.9 Å². The Morgan fingerprint density at radius 2 is 2.08 bits per heavy atom. The highest BCUT2D eigenvalue weighted by Crippen LogP contribution is 2.04. The largest absolute Gasteiger partial charge is 0.466 e. The highest BCUT2D eigenvalue weighted by atomic mass is 35.5. The van der Waals surface area contributed by atoms with Crippen LogP contribution in [0.25, 0.3) is 0 Å². The fourth-order valence-corrected chi connectivity index (χ4v) is 0.748. The highest BCUT2D eigenvalue weighted by molar-refractivity contribution is 6.17. The van der Waals surface area contributed by atoms with Crippen molar-refractivity contribution in [3.8, 4) is 0 Å². The van der Waals surface area contributed by atoms with Gasteiger partial charge in [-0.2, -0.15) is 0 Å². The topological polar surface area (TPSA) is 52.6 Å². The predicted molar refractivity (Wildman–Crippen MR) is 47.2 cm³/mol. The molecule has 74 valence electrons. The van der Waals surface area contributed by atoms with Gasteiger partial charge in [0.2, 0.25) is 0 Å². The van der Waals surface area contributed by atoms with E-state index in [0.29, 0.717) is 6.42 Å². The van der Waals surface area contributed by atoms with E-state index in [-0.39, 0.29) is 11.6 Å². The molecule has 0 aliphatic rings. The molecule has 0 bridgehead atoms. The van der Waals surface area contributed by atoms with E-state index in [0.717, 1.165) is 6.08 Å². The van der Waals surface area contributed by atoms with E-state index < -0.39 is 11.9 Å². The van der Waals surface area contributed by atoms with Crippen molar-refractivity contribution in [3.05, 3.63) is 11.6 Å². The summed E-state index contributed by atoms with van der Waals surface area (Å²) in [5.74, 6) is -1.17. The number of esters is 2. The zero-order valence-electron chi connectivity index (χ0n) is 7.50. The highest BCUT2D eigenvalue weighted by Gasteiger charge is 2.10. The van der Waals surface area contributed by atoms with Gasteiger partial charge in [0.15, 0.2) is 6.07 Å². The number of methoxy groups -OCH3 is 1. The third kappa shape index (κ3) is 4.52. The number of rotatable bonds is 4. The van der Waals surface area contributed by atoms with Crippen molar-refractivity contribution in [3.63, 3.8) is 0 Å². The lowest BCUT2D eigenvalue weighted by Crippen LogP contribution is -2.09. The van der Waals surface area contributed by atoms with Crippen LogP contribution < -0.4 is 0 Å². The first-order valence-corrected chi connectivity index (χ1v) is 4.20. The number of carbonyl (C=O) groups is 2. The Balaban J connectivity index is 4.40. The summed E-state index contributed by atoms with van der Waals surface area (Å²) in [5.41, 5.74) is 0.243. The molecule has 0 atom stereocenters. The van der Waals surface area contributed by atoms with Crippen molar-refractivity contribution < 1.29 is 19.1 Å². The average Bonchev–Trinajstić information content (AvgIpc) is 2.14. The van der Waals surface area contributed by atoms with E-state index in [4.69, 9.17) is 11.6 Å². The second-order valence-electron chi connectivity index (χ2n) is 2.09. The van der Waals surface area contributed by atoms with Crippen molar-refractivity contribution in [1.82, 2.24) is 0 Å². The van der Waals surface area contributed by atoms with Gasteiger partial charge in [0, 0.05) is 11.6 Å². The molecule has 0 saturated carbocycles. The monoisotopic (exact) mass is 206 g/mol. The summed E-state index contributed by atoms with van der Waals surface area (Å²) >= 11 is 5.18. The van der Waals surface area contributed by atoms with Crippen LogP contribution in [0.5, 0.6) is 0 Å². The van der Waals surface area contributed by atoms with E-state index in [1.54, 1.807) is 6.92 Å². The lowest BCUT2D eigenvalue weighted by molar-refractivity contribution is -0.139. The Labute approximate surface area is 81.5 Å². The fourth-order valence-electron chi connectivity index (χ4n) is 0.649. The minimum Gasteiger partial charge on any atom is -0.466 e. The van der Waals surface area contributed by atoms with Crippen LogP contribution in [0.15, 0.2) is 11.6 Å². The van der Waals surface area contributed by atoms with E-state index in [1.807, 2.05) is 0 Å². The van der Waals surface area contributed by atoms with Gasteiger partial charge in [-0.15, -0.1) is 0 Å². The summed E-state index contributed by atoms with van der Waals surface area (Å²) in [5, 5.41) is 0. The number of hydrogen-bond acceptors (Lipinski definition) is 4. The minimum absolute atomic E-state index is 0.225. The van der Waals surface area contributed by atoms with Gasteiger partial charge in [-0.1, -0.05) is 18.5 Å². The molecule has 0 N–H and O–H groups in total. The summed E-state index contributed by atoms with van der Waals surface area (Å²) in [4.78, 5) is 21.8.